The van der Waals surface area contributed by atoms with Crippen molar-refractivity contribution in [1.29, 1.82) is 0 Å². The minimum absolute atomic E-state index is 0.107. The van der Waals surface area contributed by atoms with Gasteiger partial charge in [-0.3, -0.25) is 24.6 Å². The van der Waals surface area contributed by atoms with E-state index in [9.17, 15) is 19.7 Å². The van der Waals surface area contributed by atoms with E-state index in [0.717, 1.165) is 18.5 Å². The second-order valence-electron chi connectivity index (χ2n) is 7.94. The van der Waals surface area contributed by atoms with Crippen molar-refractivity contribution >= 4 is 45.8 Å². The maximum atomic E-state index is 13.2. The van der Waals surface area contributed by atoms with Crippen LogP contribution in [0.4, 0.5) is 17.1 Å². The Morgan fingerprint density at radius 3 is 2.37 bits per heavy atom. The van der Waals surface area contributed by atoms with Crippen LogP contribution in [-0.4, -0.2) is 38.6 Å². The number of thioether (sulfide) groups is 1. The molecular weight excluding hydrogens is 464 g/mol. The van der Waals surface area contributed by atoms with Crippen molar-refractivity contribution < 1.29 is 14.5 Å². The van der Waals surface area contributed by atoms with Crippen molar-refractivity contribution in [2.75, 3.05) is 11.9 Å². The summed E-state index contributed by atoms with van der Waals surface area (Å²) in [6, 6.07) is 25.3. The van der Waals surface area contributed by atoms with Crippen LogP contribution in [0.1, 0.15) is 18.4 Å². The Kier molecular flexibility index (Phi) is 7.89. The third kappa shape index (κ3) is 6.33. The molecule has 178 valence electrons. The minimum atomic E-state index is -0.656. The van der Waals surface area contributed by atoms with Crippen LogP contribution in [0.15, 0.2) is 89.9 Å². The SMILES string of the molecule is O=C(CC1SC(=Nc2ccccc2)N(CCCc2ccccc2)C1=O)Nc1ccccc1[N+](=O)[O-]. The van der Waals surface area contributed by atoms with Gasteiger partial charge in [-0.2, -0.15) is 0 Å². The highest BCUT2D eigenvalue weighted by atomic mass is 32.2. The molecule has 0 saturated carbocycles. The van der Waals surface area contributed by atoms with Crippen molar-refractivity contribution in [2.45, 2.75) is 24.5 Å². The van der Waals surface area contributed by atoms with E-state index in [0.29, 0.717) is 11.7 Å². The van der Waals surface area contributed by atoms with Gasteiger partial charge in [0, 0.05) is 19.0 Å². The molecule has 0 aliphatic carbocycles. The van der Waals surface area contributed by atoms with Gasteiger partial charge in [-0.05, 0) is 36.6 Å². The van der Waals surface area contributed by atoms with Crippen molar-refractivity contribution in [3.63, 3.8) is 0 Å². The first-order valence-corrected chi connectivity index (χ1v) is 12.1. The fourth-order valence-corrected chi connectivity index (χ4v) is 4.92. The molecule has 35 heavy (non-hydrogen) atoms. The van der Waals surface area contributed by atoms with E-state index in [-0.39, 0.29) is 23.7 Å². The van der Waals surface area contributed by atoms with E-state index in [1.165, 1.54) is 35.5 Å². The lowest BCUT2D eigenvalue weighted by Gasteiger charge is -2.16. The number of para-hydroxylation sites is 3. The molecule has 1 fully saturated rings. The number of anilines is 1. The molecule has 8 nitrogen and oxygen atoms in total. The van der Waals surface area contributed by atoms with E-state index in [4.69, 9.17) is 0 Å². The van der Waals surface area contributed by atoms with E-state index >= 15 is 0 Å². The monoisotopic (exact) mass is 488 g/mol. The largest absolute Gasteiger partial charge is 0.320 e. The number of rotatable bonds is 9. The number of hydrogen-bond donors (Lipinski definition) is 1. The van der Waals surface area contributed by atoms with Crippen LogP contribution < -0.4 is 5.32 Å². The van der Waals surface area contributed by atoms with E-state index in [1.807, 2.05) is 48.5 Å². The molecule has 0 aromatic heterocycles. The fourth-order valence-electron chi connectivity index (χ4n) is 3.74. The molecule has 9 heteroatoms. The Balaban J connectivity index is 1.47. The summed E-state index contributed by atoms with van der Waals surface area (Å²) in [5.74, 6) is -0.647. The summed E-state index contributed by atoms with van der Waals surface area (Å²) in [6.45, 7) is 0.481. The van der Waals surface area contributed by atoms with Crippen molar-refractivity contribution in [1.82, 2.24) is 4.90 Å². The zero-order valence-corrected chi connectivity index (χ0v) is 19.7. The quantitative estimate of drug-likeness (QED) is 0.330. The van der Waals surface area contributed by atoms with Gasteiger partial charge >= 0.3 is 0 Å². The third-order valence-electron chi connectivity index (χ3n) is 5.44. The molecule has 1 unspecified atom stereocenters. The Bertz CT molecular complexity index is 1230. The van der Waals surface area contributed by atoms with Gasteiger partial charge in [0.1, 0.15) is 10.9 Å². The fraction of sp³-hybridized carbons (Fsp3) is 0.192. The standard InChI is InChI=1S/C26H24N4O4S/c31-24(28-21-15-7-8-16-22(21)30(33)34)18-23-25(32)29(17-9-12-19-10-3-1-4-11-19)26(35-23)27-20-13-5-2-6-14-20/h1-8,10-11,13-16,23H,9,12,17-18H2,(H,28,31). The zero-order chi connectivity index (χ0) is 24.6. The predicted molar refractivity (Wildman–Crippen MR) is 138 cm³/mol. The van der Waals surface area contributed by atoms with Gasteiger partial charge in [-0.1, -0.05) is 72.4 Å². The molecule has 3 aromatic rings. The van der Waals surface area contributed by atoms with Gasteiger partial charge < -0.3 is 5.32 Å². The highest BCUT2D eigenvalue weighted by molar-refractivity contribution is 8.15. The van der Waals surface area contributed by atoms with Crippen LogP contribution in [0.5, 0.6) is 0 Å². The number of aryl methyl sites for hydroxylation is 1. The lowest BCUT2D eigenvalue weighted by atomic mass is 10.1. The molecule has 1 heterocycles. The highest BCUT2D eigenvalue weighted by Crippen LogP contribution is 2.32. The van der Waals surface area contributed by atoms with Gasteiger partial charge in [0.15, 0.2) is 5.17 Å². The molecule has 0 radical (unpaired) electrons. The lowest BCUT2D eigenvalue weighted by molar-refractivity contribution is -0.383. The molecular formula is C26H24N4O4S. The molecule has 1 atom stereocenters. The van der Waals surface area contributed by atoms with Crippen LogP contribution in [0.3, 0.4) is 0 Å². The number of benzene rings is 3. The van der Waals surface area contributed by atoms with Crippen LogP contribution in [0, 0.1) is 10.1 Å². The van der Waals surface area contributed by atoms with Gasteiger partial charge in [-0.15, -0.1) is 0 Å². The molecule has 2 amide bonds. The van der Waals surface area contributed by atoms with Crippen LogP contribution in [0.2, 0.25) is 0 Å². The number of nitrogens with one attached hydrogen (secondary N) is 1. The van der Waals surface area contributed by atoms with Crippen molar-refractivity contribution in [3.05, 3.63) is 101 Å². The smallest absolute Gasteiger partial charge is 0.292 e. The van der Waals surface area contributed by atoms with Crippen molar-refractivity contribution in [3.8, 4) is 0 Å². The minimum Gasteiger partial charge on any atom is -0.320 e. The molecule has 1 aliphatic heterocycles. The topological polar surface area (TPSA) is 105 Å². The predicted octanol–water partition coefficient (Wildman–Crippen LogP) is 5.19. The Morgan fingerprint density at radius 2 is 1.66 bits per heavy atom. The maximum Gasteiger partial charge on any atom is 0.292 e. The summed E-state index contributed by atoms with van der Waals surface area (Å²) in [5, 5.41) is 13.7. The number of nitro groups is 1. The first-order valence-electron chi connectivity index (χ1n) is 11.2. The summed E-state index contributed by atoms with van der Waals surface area (Å²) in [5.41, 5.74) is 1.82. The number of amides is 2. The first-order chi connectivity index (χ1) is 17.0. The Labute approximate surface area is 207 Å². The average molecular weight is 489 g/mol. The number of carbonyl (C=O) groups excluding carboxylic acids is 2. The van der Waals surface area contributed by atoms with E-state index in [1.54, 1.807) is 11.0 Å². The summed E-state index contributed by atoms with van der Waals surface area (Å²) in [7, 11) is 0. The average Bonchev–Trinajstić information content (AvgIpc) is 3.14. The van der Waals surface area contributed by atoms with Gasteiger partial charge in [0.2, 0.25) is 11.8 Å². The van der Waals surface area contributed by atoms with Gasteiger partial charge in [-0.25, -0.2) is 4.99 Å². The molecule has 1 saturated heterocycles. The van der Waals surface area contributed by atoms with E-state index < -0.39 is 16.1 Å². The van der Waals surface area contributed by atoms with Crippen molar-refractivity contribution in [2.24, 2.45) is 4.99 Å². The molecule has 1 N–H and O–H groups in total. The second kappa shape index (κ2) is 11.4. The molecule has 1 aliphatic rings. The molecule has 0 spiro atoms. The zero-order valence-electron chi connectivity index (χ0n) is 18.9. The number of nitro benzene ring substituents is 1. The summed E-state index contributed by atoms with van der Waals surface area (Å²) in [6.07, 6.45) is 1.45. The van der Waals surface area contributed by atoms with E-state index in [2.05, 4.69) is 22.4 Å². The molecule has 3 aromatic carbocycles. The highest BCUT2D eigenvalue weighted by Gasteiger charge is 2.39. The maximum absolute atomic E-state index is 13.2. The number of amidine groups is 1. The molecule has 4 rings (SSSR count). The number of nitrogens with zero attached hydrogens (tertiary/aromatic N) is 3. The summed E-state index contributed by atoms with van der Waals surface area (Å²) >= 11 is 1.25. The van der Waals surface area contributed by atoms with Crippen LogP contribution in [0.25, 0.3) is 0 Å². The summed E-state index contributed by atoms with van der Waals surface area (Å²) < 4.78 is 0. The second-order valence-corrected chi connectivity index (χ2v) is 9.11. The number of carbonyl (C=O) groups is 2. The number of hydrogen-bond acceptors (Lipinski definition) is 6. The molecule has 0 bridgehead atoms. The van der Waals surface area contributed by atoms with Gasteiger partial charge in [0.25, 0.3) is 5.69 Å². The van der Waals surface area contributed by atoms with Gasteiger partial charge in [0.05, 0.1) is 10.6 Å². The summed E-state index contributed by atoms with van der Waals surface area (Å²) in [4.78, 5) is 42.9. The Morgan fingerprint density at radius 1 is 1.00 bits per heavy atom. The first kappa shape index (κ1) is 24.2. The Hall–Kier alpha value is -3.98. The normalized spacial score (nSPS) is 16.5. The van der Waals surface area contributed by atoms with Crippen LogP contribution >= 0.6 is 11.8 Å². The van der Waals surface area contributed by atoms with Crippen LogP contribution in [-0.2, 0) is 16.0 Å². The lowest BCUT2D eigenvalue weighted by Crippen LogP contribution is -2.34. The third-order valence-corrected chi connectivity index (χ3v) is 6.61. The number of aliphatic imine (C=N–C) groups is 1.